The minimum absolute atomic E-state index is 0.0371. The van der Waals surface area contributed by atoms with E-state index in [1.54, 1.807) is 7.11 Å². The van der Waals surface area contributed by atoms with Crippen LogP contribution in [-0.2, 0) is 19.5 Å². The molecular formula is C23H29N7O3. The van der Waals surface area contributed by atoms with E-state index in [1.807, 2.05) is 48.5 Å². The first-order chi connectivity index (χ1) is 15.9. The SMILES string of the molecule is CCc1ccc(Cn2c(=O)nc(NCCN=C(N)N)n(Cc3ccc(OC)cc3)c2=O)cc1. The van der Waals surface area contributed by atoms with Crippen LogP contribution >= 0.6 is 0 Å². The number of methoxy groups -OCH3 is 1. The summed E-state index contributed by atoms with van der Waals surface area (Å²) < 4.78 is 7.76. The summed E-state index contributed by atoms with van der Waals surface area (Å²) in [5.41, 5.74) is 12.5. The topological polar surface area (TPSA) is 143 Å². The predicted octanol–water partition coefficient (Wildman–Crippen LogP) is 0.758. The van der Waals surface area contributed by atoms with Crippen LogP contribution in [0.3, 0.4) is 0 Å². The van der Waals surface area contributed by atoms with Crippen molar-refractivity contribution >= 4 is 11.9 Å². The first-order valence-electron chi connectivity index (χ1n) is 10.6. The summed E-state index contributed by atoms with van der Waals surface area (Å²) in [6.07, 6.45) is 0.913. The van der Waals surface area contributed by atoms with Crippen molar-refractivity contribution in [2.45, 2.75) is 26.4 Å². The number of ether oxygens (including phenoxy) is 1. The third-order valence-corrected chi connectivity index (χ3v) is 5.11. The zero-order valence-corrected chi connectivity index (χ0v) is 18.8. The van der Waals surface area contributed by atoms with Crippen molar-refractivity contribution in [3.05, 3.63) is 86.2 Å². The summed E-state index contributed by atoms with van der Waals surface area (Å²) in [5.74, 6) is 0.828. The normalized spacial score (nSPS) is 10.6. The average molecular weight is 452 g/mol. The molecule has 0 spiro atoms. The number of nitrogens with one attached hydrogen (secondary N) is 1. The van der Waals surface area contributed by atoms with Crippen LogP contribution in [0.4, 0.5) is 5.95 Å². The maximum atomic E-state index is 13.4. The Morgan fingerprint density at radius 2 is 1.55 bits per heavy atom. The Morgan fingerprint density at radius 1 is 0.970 bits per heavy atom. The highest BCUT2D eigenvalue weighted by Crippen LogP contribution is 2.13. The lowest BCUT2D eigenvalue weighted by atomic mass is 10.1. The molecule has 0 saturated carbocycles. The summed E-state index contributed by atoms with van der Waals surface area (Å²) in [5, 5.41) is 2.99. The number of aryl methyl sites for hydroxylation is 1. The second kappa shape index (κ2) is 11.0. The lowest BCUT2D eigenvalue weighted by Crippen LogP contribution is -2.43. The maximum absolute atomic E-state index is 13.4. The van der Waals surface area contributed by atoms with Crippen molar-refractivity contribution in [2.24, 2.45) is 16.5 Å². The van der Waals surface area contributed by atoms with Gasteiger partial charge < -0.3 is 21.5 Å². The third-order valence-electron chi connectivity index (χ3n) is 5.11. The largest absolute Gasteiger partial charge is 0.497 e. The molecule has 0 bridgehead atoms. The van der Waals surface area contributed by atoms with E-state index >= 15 is 0 Å². The maximum Gasteiger partial charge on any atom is 0.355 e. The van der Waals surface area contributed by atoms with Crippen molar-refractivity contribution in [3.63, 3.8) is 0 Å². The number of anilines is 1. The zero-order chi connectivity index (χ0) is 23.8. The molecule has 2 aromatic carbocycles. The van der Waals surface area contributed by atoms with Crippen molar-refractivity contribution in [1.82, 2.24) is 14.1 Å². The molecule has 1 heterocycles. The molecule has 1 aromatic heterocycles. The molecule has 0 saturated heterocycles. The van der Waals surface area contributed by atoms with Crippen LogP contribution in [0, 0.1) is 0 Å². The molecule has 3 rings (SSSR count). The van der Waals surface area contributed by atoms with Gasteiger partial charge in [-0.2, -0.15) is 4.98 Å². The summed E-state index contributed by atoms with van der Waals surface area (Å²) in [6, 6.07) is 15.1. The second-order valence-corrected chi connectivity index (χ2v) is 7.42. The highest BCUT2D eigenvalue weighted by Gasteiger charge is 2.14. The molecule has 10 nitrogen and oxygen atoms in total. The van der Waals surface area contributed by atoms with E-state index in [-0.39, 0.29) is 31.5 Å². The monoisotopic (exact) mass is 451 g/mol. The fraction of sp³-hybridized carbons (Fsp3) is 0.304. The molecule has 0 aliphatic heterocycles. The van der Waals surface area contributed by atoms with Gasteiger partial charge in [0.2, 0.25) is 5.95 Å². The van der Waals surface area contributed by atoms with Gasteiger partial charge in [0.05, 0.1) is 26.7 Å². The predicted molar refractivity (Wildman–Crippen MR) is 129 cm³/mol. The van der Waals surface area contributed by atoms with Gasteiger partial charge in [-0.3, -0.25) is 9.56 Å². The van der Waals surface area contributed by atoms with Crippen LogP contribution in [0.5, 0.6) is 5.75 Å². The Bertz CT molecular complexity index is 1210. The number of rotatable bonds is 10. The van der Waals surface area contributed by atoms with Gasteiger partial charge in [0, 0.05) is 6.54 Å². The first-order valence-corrected chi connectivity index (χ1v) is 10.6. The van der Waals surface area contributed by atoms with E-state index < -0.39 is 11.4 Å². The van der Waals surface area contributed by atoms with Crippen LogP contribution in [0.15, 0.2) is 63.1 Å². The summed E-state index contributed by atoms with van der Waals surface area (Å²) in [7, 11) is 1.59. The van der Waals surface area contributed by atoms with E-state index in [0.29, 0.717) is 12.3 Å². The summed E-state index contributed by atoms with van der Waals surface area (Å²) >= 11 is 0. The Kier molecular flexibility index (Phi) is 7.85. The standard InChI is InChI=1S/C23H29N7O3/c1-3-16-4-6-17(7-5-16)15-30-22(31)28-21(27-13-12-26-20(24)25)29(23(30)32)14-18-8-10-19(33-2)11-9-18/h4-11H,3,12-15H2,1-2H3,(H4,24,25,26)(H,27,28,31). The lowest BCUT2D eigenvalue weighted by molar-refractivity contribution is 0.414. The van der Waals surface area contributed by atoms with Gasteiger partial charge in [-0.25, -0.2) is 14.2 Å². The number of guanidine groups is 1. The fourth-order valence-electron chi connectivity index (χ4n) is 3.27. The quantitative estimate of drug-likeness (QED) is 0.235. The second-order valence-electron chi connectivity index (χ2n) is 7.42. The van der Waals surface area contributed by atoms with E-state index in [1.165, 1.54) is 10.1 Å². The average Bonchev–Trinajstić information content (AvgIpc) is 2.82. The Hall–Kier alpha value is -4.08. The summed E-state index contributed by atoms with van der Waals surface area (Å²) in [6.45, 7) is 2.99. The van der Waals surface area contributed by atoms with Crippen molar-refractivity contribution in [1.29, 1.82) is 0 Å². The summed E-state index contributed by atoms with van der Waals surface area (Å²) in [4.78, 5) is 34.1. The van der Waals surface area contributed by atoms with Crippen LogP contribution in [0.1, 0.15) is 23.6 Å². The van der Waals surface area contributed by atoms with Crippen molar-refractivity contribution < 1.29 is 4.74 Å². The van der Waals surface area contributed by atoms with Crippen LogP contribution < -0.4 is 32.9 Å². The minimum Gasteiger partial charge on any atom is -0.497 e. The molecule has 0 aliphatic carbocycles. The number of aromatic nitrogens is 3. The molecule has 33 heavy (non-hydrogen) atoms. The number of nitrogens with two attached hydrogens (primary N) is 2. The molecular weight excluding hydrogens is 422 g/mol. The molecule has 5 N–H and O–H groups in total. The molecule has 10 heteroatoms. The van der Waals surface area contributed by atoms with Crippen LogP contribution in [0.25, 0.3) is 0 Å². The molecule has 0 unspecified atom stereocenters. The van der Waals surface area contributed by atoms with E-state index in [2.05, 4.69) is 22.2 Å². The molecule has 0 fully saturated rings. The van der Waals surface area contributed by atoms with E-state index in [4.69, 9.17) is 16.2 Å². The van der Waals surface area contributed by atoms with Gasteiger partial charge in [-0.1, -0.05) is 43.3 Å². The molecule has 0 aliphatic rings. The van der Waals surface area contributed by atoms with Gasteiger partial charge in [0.1, 0.15) is 5.75 Å². The number of nitrogens with zero attached hydrogens (tertiary/aromatic N) is 4. The van der Waals surface area contributed by atoms with Gasteiger partial charge in [0.15, 0.2) is 5.96 Å². The highest BCUT2D eigenvalue weighted by atomic mass is 16.5. The van der Waals surface area contributed by atoms with Gasteiger partial charge in [0.25, 0.3) is 0 Å². The first kappa shape index (κ1) is 23.6. The van der Waals surface area contributed by atoms with Gasteiger partial charge >= 0.3 is 11.4 Å². The van der Waals surface area contributed by atoms with Crippen molar-refractivity contribution in [2.75, 3.05) is 25.5 Å². The number of benzene rings is 2. The fourth-order valence-corrected chi connectivity index (χ4v) is 3.27. The molecule has 0 amide bonds. The lowest BCUT2D eigenvalue weighted by Gasteiger charge is -2.15. The van der Waals surface area contributed by atoms with Crippen LogP contribution in [0.2, 0.25) is 0 Å². The zero-order valence-electron chi connectivity index (χ0n) is 18.8. The smallest absolute Gasteiger partial charge is 0.355 e. The highest BCUT2D eigenvalue weighted by molar-refractivity contribution is 5.75. The molecule has 174 valence electrons. The van der Waals surface area contributed by atoms with Gasteiger partial charge in [-0.15, -0.1) is 0 Å². The van der Waals surface area contributed by atoms with Crippen molar-refractivity contribution in [3.8, 4) is 5.75 Å². The van der Waals surface area contributed by atoms with Crippen LogP contribution in [-0.4, -0.2) is 40.3 Å². The molecule has 3 aromatic rings. The Balaban J connectivity index is 1.96. The molecule has 0 atom stereocenters. The Labute approximate surface area is 191 Å². The van der Waals surface area contributed by atoms with Gasteiger partial charge in [-0.05, 0) is 35.2 Å². The van der Waals surface area contributed by atoms with E-state index in [0.717, 1.165) is 22.1 Å². The number of hydrogen-bond donors (Lipinski definition) is 3. The minimum atomic E-state index is -0.630. The number of hydrogen-bond acceptors (Lipinski definition) is 6. The molecule has 0 radical (unpaired) electrons. The Morgan fingerprint density at radius 3 is 2.12 bits per heavy atom. The third kappa shape index (κ3) is 6.22. The number of aliphatic imine (C=N–C) groups is 1. The van der Waals surface area contributed by atoms with E-state index in [9.17, 15) is 9.59 Å².